The van der Waals surface area contributed by atoms with E-state index in [0.29, 0.717) is 5.56 Å². The van der Waals surface area contributed by atoms with Crippen molar-refractivity contribution in [2.75, 3.05) is 0 Å². The number of phenolic OH excluding ortho intramolecular Hbond substituents is 3. The Morgan fingerprint density at radius 3 is 2.33 bits per heavy atom. The molecular formula is C17H18O4. The van der Waals surface area contributed by atoms with Gasteiger partial charge in [0, 0.05) is 0 Å². The first-order valence-corrected chi connectivity index (χ1v) is 6.97. The number of ether oxygens (including phenoxy) is 1. The van der Waals surface area contributed by atoms with Gasteiger partial charge in [0.25, 0.3) is 0 Å². The molecule has 1 heterocycles. The van der Waals surface area contributed by atoms with Gasteiger partial charge in [-0.2, -0.15) is 0 Å². The fourth-order valence-corrected chi connectivity index (χ4v) is 2.92. The average molecular weight is 286 g/mol. The minimum atomic E-state index is -0.498. The van der Waals surface area contributed by atoms with Gasteiger partial charge in [-0.1, -0.05) is 6.07 Å². The summed E-state index contributed by atoms with van der Waals surface area (Å²) in [5, 5.41) is 28.7. The molecule has 2 aromatic carbocycles. The summed E-state index contributed by atoms with van der Waals surface area (Å²) in [6.07, 6.45) is 1.41. The lowest BCUT2D eigenvalue weighted by Crippen LogP contribution is -2.16. The number of benzene rings is 2. The zero-order chi connectivity index (χ0) is 15.1. The molecule has 0 spiro atoms. The number of hydrogen-bond acceptors (Lipinski definition) is 4. The van der Waals surface area contributed by atoms with Crippen LogP contribution in [0.25, 0.3) is 0 Å². The van der Waals surface area contributed by atoms with Crippen molar-refractivity contribution in [1.29, 1.82) is 0 Å². The Labute approximate surface area is 123 Å². The lowest BCUT2D eigenvalue weighted by molar-refractivity contribution is 0.175. The van der Waals surface area contributed by atoms with Crippen molar-refractivity contribution in [3.63, 3.8) is 0 Å². The van der Waals surface area contributed by atoms with Gasteiger partial charge in [-0.3, -0.25) is 0 Å². The van der Waals surface area contributed by atoms with Crippen LogP contribution in [0.15, 0.2) is 24.3 Å². The Balaban J connectivity index is 1.96. The molecular weight excluding hydrogens is 268 g/mol. The van der Waals surface area contributed by atoms with E-state index in [2.05, 4.69) is 13.0 Å². The van der Waals surface area contributed by atoms with Crippen LogP contribution in [0, 0.1) is 13.8 Å². The quantitative estimate of drug-likeness (QED) is 0.702. The van der Waals surface area contributed by atoms with E-state index < -0.39 is 5.75 Å². The topological polar surface area (TPSA) is 69.9 Å². The molecule has 0 saturated heterocycles. The van der Waals surface area contributed by atoms with E-state index in [0.717, 1.165) is 24.2 Å². The highest BCUT2D eigenvalue weighted by molar-refractivity contribution is 5.52. The molecule has 4 heteroatoms. The fourth-order valence-electron chi connectivity index (χ4n) is 2.92. The molecule has 0 fully saturated rings. The van der Waals surface area contributed by atoms with Crippen LogP contribution in [-0.4, -0.2) is 15.3 Å². The van der Waals surface area contributed by atoms with E-state index in [4.69, 9.17) is 4.74 Å². The van der Waals surface area contributed by atoms with E-state index in [1.165, 1.54) is 23.3 Å². The molecule has 0 amide bonds. The molecule has 0 saturated carbocycles. The zero-order valence-electron chi connectivity index (χ0n) is 12.1. The third kappa shape index (κ3) is 2.37. The van der Waals surface area contributed by atoms with Gasteiger partial charge in [-0.05, 0) is 67.1 Å². The second-order valence-electron chi connectivity index (χ2n) is 5.61. The van der Waals surface area contributed by atoms with Crippen molar-refractivity contribution in [3.05, 3.63) is 46.5 Å². The fraction of sp³-hybridized carbons (Fsp3) is 0.294. The summed E-state index contributed by atoms with van der Waals surface area (Å²) in [4.78, 5) is 0. The number of fused-ring (bicyclic) bond motifs is 1. The van der Waals surface area contributed by atoms with Gasteiger partial charge in [0.2, 0.25) is 0 Å². The van der Waals surface area contributed by atoms with Crippen molar-refractivity contribution < 1.29 is 20.1 Å². The molecule has 21 heavy (non-hydrogen) atoms. The van der Waals surface area contributed by atoms with Gasteiger partial charge in [-0.25, -0.2) is 0 Å². The van der Waals surface area contributed by atoms with E-state index >= 15 is 0 Å². The monoisotopic (exact) mass is 286 g/mol. The zero-order valence-corrected chi connectivity index (χ0v) is 12.1. The van der Waals surface area contributed by atoms with Crippen molar-refractivity contribution in [1.82, 2.24) is 0 Å². The number of phenols is 3. The first-order chi connectivity index (χ1) is 9.95. The van der Waals surface area contributed by atoms with Crippen molar-refractivity contribution >= 4 is 0 Å². The SMILES string of the molecule is Cc1cc(C)c2c(c1)OC(c1cc(O)c(O)c(O)c1)CC2. The average Bonchev–Trinajstić information content (AvgIpc) is 2.43. The third-order valence-corrected chi connectivity index (χ3v) is 3.97. The molecule has 0 radical (unpaired) electrons. The van der Waals surface area contributed by atoms with Crippen molar-refractivity contribution in [3.8, 4) is 23.0 Å². The Hall–Kier alpha value is -2.36. The maximum absolute atomic E-state index is 9.63. The lowest BCUT2D eigenvalue weighted by atomic mass is 9.93. The predicted octanol–water partition coefficient (Wildman–Crippen LogP) is 3.49. The summed E-state index contributed by atoms with van der Waals surface area (Å²) in [7, 11) is 0. The predicted molar refractivity (Wildman–Crippen MR) is 79.0 cm³/mol. The van der Waals surface area contributed by atoms with Crippen LogP contribution >= 0.6 is 0 Å². The molecule has 4 nitrogen and oxygen atoms in total. The number of aromatic hydroxyl groups is 3. The summed E-state index contributed by atoms with van der Waals surface area (Å²) < 4.78 is 6.03. The molecule has 110 valence electrons. The highest BCUT2D eigenvalue weighted by atomic mass is 16.5. The van der Waals surface area contributed by atoms with Gasteiger partial charge >= 0.3 is 0 Å². The Kier molecular flexibility index (Phi) is 3.16. The molecule has 3 rings (SSSR count). The van der Waals surface area contributed by atoms with Crippen LogP contribution in [0.3, 0.4) is 0 Å². The minimum Gasteiger partial charge on any atom is -0.504 e. The van der Waals surface area contributed by atoms with Crippen molar-refractivity contribution in [2.24, 2.45) is 0 Å². The second-order valence-corrected chi connectivity index (χ2v) is 5.61. The van der Waals surface area contributed by atoms with Crippen LogP contribution in [-0.2, 0) is 6.42 Å². The van der Waals surface area contributed by atoms with Crippen LogP contribution in [0.4, 0.5) is 0 Å². The minimum absolute atomic E-state index is 0.240. The van der Waals surface area contributed by atoms with Gasteiger partial charge in [-0.15, -0.1) is 0 Å². The first-order valence-electron chi connectivity index (χ1n) is 6.97. The number of aryl methyl sites for hydroxylation is 2. The Morgan fingerprint density at radius 1 is 1.00 bits per heavy atom. The molecule has 1 unspecified atom stereocenters. The lowest BCUT2D eigenvalue weighted by Gasteiger charge is -2.28. The number of hydrogen-bond donors (Lipinski definition) is 3. The highest BCUT2D eigenvalue weighted by Gasteiger charge is 2.24. The van der Waals surface area contributed by atoms with E-state index in [-0.39, 0.29) is 17.6 Å². The van der Waals surface area contributed by atoms with Crippen LogP contribution < -0.4 is 4.74 Å². The third-order valence-electron chi connectivity index (χ3n) is 3.97. The standard InChI is InChI=1S/C17H18O4/c1-9-5-10(2)12-3-4-15(21-16(12)6-9)11-7-13(18)17(20)14(19)8-11/h5-8,15,18-20H,3-4H2,1-2H3. The van der Waals surface area contributed by atoms with Crippen molar-refractivity contribution in [2.45, 2.75) is 32.8 Å². The first kappa shape index (κ1) is 13.6. The largest absolute Gasteiger partial charge is 0.504 e. The molecule has 1 atom stereocenters. The van der Waals surface area contributed by atoms with Gasteiger partial charge in [0.05, 0.1) is 0 Å². The van der Waals surface area contributed by atoms with Crippen LogP contribution in [0.1, 0.15) is 34.8 Å². The van der Waals surface area contributed by atoms with Gasteiger partial charge in [0.1, 0.15) is 11.9 Å². The molecule has 0 aromatic heterocycles. The molecule has 0 bridgehead atoms. The van der Waals surface area contributed by atoms with Crippen LogP contribution in [0.2, 0.25) is 0 Å². The highest BCUT2D eigenvalue weighted by Crippen LogP contribution is 2.42. The molecule has 2 aromatic rings. The Bertz CT molecular complexity index is 683. The maximum Gasteiger partial charge on any atom is 0.200 e. The Morgan fingerprint density at radius 2 is 1.67 bits per heavy atom. The van der Waals surface area contributed by atoms with E-state index in [1.54, 1.807) is 0 Å². The van der Waals surface area contributed by atoms with Gasteiger partial charge in [0.15, 0.2) is 17.2 Å². The summed E-state index contributed by atoms with van der Waals surface area (Å²) in [6.45, 7) is 4.10. The molecule has 3 N–H and O–H groups in total. The molecule has 1 aliphatic heterocycles. The maximum atomic E-state index is 9.63. The smallest absolute Gasteiger partial charge is 0.200 e. The van der Waals surface area contributed by atoms with E-state index in [1.807, 2.05) is 13.0 Å². The molecule has 0 aliphatic carbocycles. The molecule has 1 aliphatic rings. The second kappa shape index (κ2) is 4.88. The number of rotatable bonds is 1. The van der Waals surface area contributed by atoms with Gasteiger partial charge < -0.3 is 20.1 Å². The van der Waals surface area contributed by atoms with Crippen LogP contribution in [0.5, 0.6) is 23.0 Å². The summed E-state index contributed by atoms with van der Waals surface area (Å²) in [5.74, 6) is -0.308. The summed E-state index contributed by atoms with van der Waals surface area (Å²) >= 11 is 0. The summed E-state index contributed by atoms with van der Waals surface area (Å²) in [5.41, 5.74) is 4.24. The summed E-state index contributed by atoms with van der Waals surface area (Å²) in [6, 6.07) is 7.02. The van der Waals surface area contributed by atoms with E-state index in [9.17, 15) is 15.3 Å². The normalized spacial score (nSPS) is 17.1.